The lowest BCUT2D eigenvalue weighted by Crippen LogP contribution is -2.40. The lowest BCUT2D eigenvalue weighted by molar-refractivity contribution is 0.0926. The smallest absolute Gasteiger partial charge is 0.251 e. The number of benzene rings is 1. The van der Waals surface area contributed by atoms with Crippen LogP contribution in [0.2, 0.25) is 0 Å². The Morgan fingerprint density at radius 1 is 1.25 bits per heavy atom. The molecule has 2 rings (SSSR count). The molecule has 0 radical (unpaired) electrons. The topological polar surface area (TPSA) is 64.3 Å². The van der Waals surface area contributed by atoms with Gasteiger partial charge in [0.15, 0.2) is 0 Å². The first kappa shape index (κ1) is 17.0. The van der Waals surface area contributed by atoms with Crippen molar-refractivity contribution < 1.29 is 9.53 Å². The molecule has 1 aliphatic carbocycles. The monoisotopic (exact) mass is 298 g/mol. The molecule has 1 aromatic rings. The van der Waals surface area contributed by atoms with E-state index in [1.54, 1.807) is 7.11 Å². The fourth-order valence-electron chi connectivity index (χ4n) is 2.45. The minimum absolute atomic E-state index is 0. The largest absolute Gasteiger partial charge is 0.380 e. The van der Waals surface area contributed by atoms with E-state index >= 15 is 0 Å². The van der Waals surface area contributed by atoms with Crippen molar-refractivity contribution in [3.8, 4) is 0 Å². The van der Waals surface area contributed by atoms with Crippen LogP contribution < -0.4 is 11.1 Å². The van der Waals surface area contributed by atoms with Crippen LogP contribution in [0.25, 0.3) is 0 Å². The van der Waals surface area contributed by atoms with Gasteiger partial charge < -0.3 is 15.8 Å². The molecule has 20 heavy (non-hydrogen) atoms. The zero-order chi connectivity index (χ0) is 13.7. The molecule has 0 heterocycles. The van der Waals surface area contributed by atoms with E-state index in [0.717, 1.165) is 31.2 Å². The highest BCUT2D eigenvalue weighted by molar-refractivity contribution is 5.94. The number of hydrogen-bond acceptors (Lipinski definition) is 3. The molecular formula is C15H23ClN2O2. The van der Waals surface area contributed by atoms with Crippen LogP contribution in [0.3, 0.4) is 0 Å². The summed E-state index contributed by atoms with van der Waals surface area (Å²) < 4.78 is 5.05. The van der Waals surface area contributed by atoms with Crippen LogP contribution in [0.5, 0.6) is 0 Å². The van der Waals surface area contributed by atoms with Crippen LogP contribution in [-0.4, -0.2) is 25.1 Å². The molecule has 1 aliphatic rings. The maximum atomic E-state index is 12.1. The summed E-state index contributed by atoms with van der Waals surface area (Å²) in [6.45, 7) is 0.572. The number of nitrogens with one attached hydrogen (secondary N) is 1. The fourth-order valence-corrected chi connectivity index (χ4v) is 2.45. The Morgan fingerprint density at radius 3 is 2.40 bits per heavy atom. The first-order valence-electron chi connectivity index (χ1n) is 6.83. The van der Waals surface area contributed by atoms with Crippen molar-refractivity contribution in [2.24, 2.45) is 5.73 Å². The van der Waals surface area contributed by atoms with Gasteiger partial charge in [0.25, 0.3) is 5.91 Å². The predicted octanol–water partition coefficient (Wildman–Crippen LogP) is 2.25. The molecule has 1 amide bonds. The third-order valence-corrected chi connectivity index (χ3v) is 3.63. The summed E-state index contributed by atoms with van der Waals surface area (Å²) >= 11 is 0. The Balaban J connectivity index is 0.00000200. The number of rotatable bonds is 4. The van der Waals surface area contributed by atoms with Crippen LogP contribution in [0.1, 0.15) is 41.6 Å². The molecule has 4 nitrogen and oxygen atoms in total. The van der Waals surface area contributed by atoms with E-state index in [4.69, 9.17) is 10.5 Å². The summed E-state index contributed by atoms with van der Waals surface area (Å²) in [4.78, 5) is 12.1. The summed E-state index contributed by atoms with van der Waals surface area (Å²) in [6.07, 6.45) is 3.96. The van der Waals surface area contributed by atoms with E-state index in [1.165, 1.54) is 0 Å². The number of amides is 1. The predicted molar refractivity (Wildman–Crippen MR) is 82.1 cm³/mol. The highest BCUT2D eigenvalue weighted by Crippen LogP contribution is 2.17. The van der Waals surface area contributed by atoms with Gasteiger partial charge in [-0.3, -0.25) is 4.79 Å². The van der Waals surface area contributed by atoms with E-state index in [1.807, 2.05) is 24.3 Å². The van der Waals surface area contributed by atoms with Crippen molar-refractivity contribution in [3.63, 3.8) is 0 Å². The van der Waals surface area contributed by atoms with E-state index in [2.05, 4.69) is 5.32 Å². The fraction of sp³-hybridized carbons (Fsp3) is 0.533. The van der Waals surface area contributed by atoms with Crippen molar-refractivity contribution in [1.82, 2.24) is 5.32 Å². The normalized spacial score (nSPS) is 21.9. The molecular weight excluding hydrogens is 276 g/mol. The quantitative estimate of drug-likeness (QED) is 0.896. The lowest BCUT2D eigenvalue weighted by Gasteiger charge is -2.26. The number of carbonyl (C=O) groups is 1. The standard InChI is InChI=1S/C15H22N2O2.ClH/c1-19-10-11-2-4-12(5-3-11)15(18)17-14-8-6-13(16)7-9-14;/h2-5,13-14H,6-10,16H2,1H3,(H,17,18);1H. The van der Waals surface area contributed by atoms with E-state index in [9.17, 15) is 4.79 Å². The molecule has 112 valence electrons. The number of methoxy groups -OCH3 is 1. The van der Waals surface area contributed by atoms with Gasteiger partial charge in [0.1, 0.15) is 0 Å². The van der Waals surface area contributed by atoms with E-state index in [-0.39, 0.29) is 24.4 Å². The van der Waals surface area contributed by atoms with Gasteiger partial charge in [-0.15, -0.1) is 12.4 Å². The van der Waals surface area contributed by atoms with Gasteiger partial charge in [0.05, 0.1) is 6.61 Å². The summed E-state index contributed by atoms with van der Waals surface area (Å²) in [5, 5.41) is 3.08. The van der Waals surface area contributed by atoms with Crippen molar-refractivity contribution >= 4 is 18.3 Å². The number of nitrogens with two attached hydrogens (primary N) is 1. The van der Waals surface area contributed by atoms with E-state index in [0.29, 0.717) is 18.2 Å². The molecule has 0 saturated heterocycles. The highest BCUT2D eigenvalue weighted by atomic mass is 35.5. The zero-order valence-corrected chi connectivity index (χ0v) is 12.6. The molecule has 0 bridgehead atoms. The second-order valence-corrected chi connectivity index (χ2v) is 5.22. The second-order valence-electron chi connectivity index (χ2n) is 5.22. The molecule has 1 aromatic carbocycles. The van der Waals surface area contributed by atoms with Crippen LogP contribution in [0.4, 0.5) is 0 Å². The SMILES string of the molecule is COCc1ccc(C(=O)NC2CCC(N)CC2)cc1.Cl. The number of ether oxygens (including phenoxy) is 1. The maximum absolute atomic E-state index is 12.1. The van der Waals surface area contributed by atoms with Crippen molar-refractivity contribution in [1.29, 1.82) is 0 Å². The molecule has 1 fully saturated rings. The van der Waals surface area contributed by atoms with Gasteiger partial charge in [-0.25, -0.2) is 0 Å². The van der Waals surface area contributed by atoms with Gasteiger partial charge >= 0.3 is 0 Å². The maximum Gasteiger partial charge on any atom is 0.251 e. The minimum atomic E-state index is 0. The molecule has 5 heteroatoms. The first-order chi connectivity index (χ1) is 9.19. The number of halogens is 1. The van der Waals surface area contributed by atoms with Gasteiger partial charge in [-0.2, -0.15) is 0 Å². The molecule has 0 aromatic heterocycles. The van der Waals surface area contributed by atoms with Gasteiger partial charge in [-0.05, 0) is 43.4 Å². The van der Waals surface area contributed by atoms with Gasteiger partial charge in [-0.1, -0.05) is 12.1 Å². The third kappa shape index (κ3) is 4.78. The number of hydrogen-bond donors (Lipinski definition) is 2. The molecule has 3 N–H and O–H groups in total. The van der Waals surface area contributed by atoms with Gasteiger partial charge in [0.2, 0.25) is 0 Å². The Bertz CT molecular complexity index is 414. The first-order valence-corrected chi connectivity index (χ1v) is 6.83. The summed E-state index contributed by atoms with van der Waals surface area (Å²) in [6, 6.07) is 8.12. The Labute approximate surface area is 126 Å². The Hall–Kier alpha value is -1.10. The summed E-state index contributed by atoms with van der Waals surface area (Å²) in [5.74, 6) is 0.00411. The minimum Gasteiger partial charge on any atom is -0.380 e. The van der Waals surface area contributed by atoms with Gasteiger partial charge in [0, 0.05) is 24.8 Å². The molecule has 0 unspecified atom stereocenters. The lowest BCUT2D eigenvalue weighted by atomic mass is 9.91. The van der Waals surface area contributed by atoms with Crippen LogP contribution in [0.15, 0.2) is 24.3 Å². The van der Waals surface area contributed by atoms with Crippen molar-refractivity contribution in [2.75, 3.05) is 7.11 Å². The third-order valence-electron chi connectivity index (χ3n) is 3.63. The van der Waals surface area contributed by atoms with E-state index < -0.39 is 0 Å². The molecule has 1 saturated carbocycles. The average Bonchev–Trinajstić information content (AvgIpc) is 2.42. The highest BCUT2D eigenvalue weighted by Gasteiger charge is 2.20. The zero-order valence-electron chi connectivity index (χ0n) is 11.8. The van der Waals surface area contributed by atoms with Crippen LogP contribution >= 0.6 is 12.4 Å². The van der Waals surface area contributed by atoms with Crippen LogP contribution in [-0.2, 0) is 11.3 Å². The van der Waals surface area contributed by atoms with Crippen LogP contribution in [0, 0.1) is 0 Å². The molecule has 0 atom stereocenters. The second kappa shape index (κ2) is 8.25. The number of carbonyl (C=O) groups excluding carboxylic acids is 1. The Kier molecular flexibility index (Phi) is 6.99. The van der Waals surface area contributed by atoms with Crippen molar-refractivity contribution in [3.05, 3.63) is 35.4 Å². The Morgan fingerprint density at radius 2 is 1.85 bits per heavy atom. The van der Waals surface area contributed by atoms with Crippen molar-refractivity contribution in [2.45, 2.75) is 44.4 Å². The summed E-state index contributed by atoms with van der Waals surface area (Å²) in [7, 11) is 1.66. The molecule has 0 spiro atoms. The molecule has 0 aliphatic heterocycles. The summed E-state index contributed by atoms with van der Waals surface area (Å²) in [5.41, 5.74) is 7.63. The average molecular weight is 299 g/mol.